The van der Waals surface area contributed by atoms with Gasteiger partial charge in [0.25, 0.3) is 5.56 Å². The van der Waals surface area contributed by atoms with Gasteiger partial charge in [-0.25, -0.2) is 9.67 Å². The van der Waals surface area contributed by atoms with Crippen LogP contribution in [0, 0.1) is 12.8 Å². The molecule has 1 aliphatic heterocycles. The van der Waals surface area contributed by atoms with Gasteiger partial charge in [-0.15, -0.1) is 5.10 Å². The zero-order valence-electron chi connectivity index (χ0n) is 18.5. The van der Waals surface area contributed by atoms with Crippen LogP contribution in [0.2, 0.25) is 0 Å². The number of carbonyl (C=O) groups is 1. The van der Waals surface area contributed by atoms with E-state index in [1.165, 1.54) is 5.56 Å². The number of piperidine rings is 1. The lowest BCUT2D eigenvalue weighted by atomic mass is 9.94. The summed E-state index contributed by atoms with van der Waals surface area (Å²) in [7, 11) is 0. The molecule has 8 nitrogen and oxygen atoms in total. The molecular formula is C23H30N6O2. The highest BCUT2D eigenvalue weighted by molar-refractivity contribution is 5.79. The van der Waals surface area contributed by atoms with E-state index < -0.39 is 0 Å². The molecule has 0 aliphatic carbocycles. The standard InChI is InChI=1S/C23H30N6O2/c1-4-17(5-2)23(31)28-12-6-7-18(14-28)20-24-21-19(22(30)25-20)26-27-29(21)13-16-10-8-15(3)9-11-16/h8-11,17-18H,4-7,12-14H2,1-3H3,(H,24,25,30)/t18-/m1/s1. The Kier molecular flexibility index (Phi) is 6.15. The first-order valence-electron chi connectivity index (χ1n) is 11.2. The Morgan fingerprint density at radius 3 is 2.68 bits per heavy atom. The number of H-pyrrole nitrogens is 1. The van der Waals surface area contributed by atoms with E-state index in [0.29, 0.717) is 24.6 Å². The third kappa shape index (κ3) is 4.38. The molecule has 0 unspecified atom stereocenters. The fourth-order valence-electron chi connectivity index (χ4n) is 4.35. The molecule has 164 valence electrons. The fraction of sp³-hybridized carbons (Fsp3) is 0.522. The molecule has 1 N–H and O–H groups in total. The van der Waals surface area contributed by atoms with Gasteiger partial charge in [0.05, 0.1) is 6.54 Å². The van der Waals surface area contributed by atoms with Gasteiger partial charge in [0.1, 0.15) is 5.82 Å². The molecule has 3 aromatic rings. The van der Waals surface area contributed by atoms with Crippen LogP contribution in [0.15, 0.2) is 29.1 Å². The molecule has 1 saturated heterocycles. The molecule has 0 radical (unpaired) electrons. The topological polar surface area (TPSA) is 96.8 Å². The van der Waals surface area contributed by atoms with Crippen LogP contribution in [0.3, 0.4) is 0 Å². The summed E-state index contributed by atoms with van der Waals surface area (Å²) < 4.78 is 1.68. The van der Waals surface area contributed by atoms with Gasteiger partial charge in [-0.1, -0.05) is 48.9 Å². The number of aromatic nitrogens is 5. The van der Waals surface area contributed by atoms with Crippen LogP contribution in [0.5, 0.6) is 0 Å². The first-order valence-corrected chi connectivity index (χ1v) is 11.2. The molecule has 3 heterocycles. The van der Waals surface area contributed by atoms with Gasteiger partial charge in [-0.05, 0) is 38.2 Å². The second-order valence-electron chi connectivity index (χ2n) is 8.49. The Labute approximate surface area is 181 Å². The maximum atomic E-state index is 12.9. The van der Waals surface area contributed by atoms with Crippen molar-refractivity contribution in [1.82, 2.24) is 29.9 Å². The molecule has 1 aromatic carbocycles. The van der Waals surface area contributed by atoms with Crippen molar-refractivity contribution < 1.29 is 4.79 Å². The van der Waals surface area contributed by atoms with Crippen molar-refractivity contribution >= 4 is 17.1 Å². The minimum atomic E-state index is -0.279. The van der Waals surface area contributed by atoms with Crippen LogP contribution < -0.4 is 5.56 Å². The molecule has 31 heavy (non-hydrogen) atoms. The summed E-state index contributed by atoms with van der Waals surface area (Å²) in [4.78, 5) is 35.1. The number of aryl methyl sites for hydroxylation is 1. The Morgan fingerprint density at radius 1 is 1.23 bits per heavy atom. The van der Waals surface area contributed by atoms with Crippen LogP contribution in [-0.2, 0) is 11.3 Å². The molecule has 1 aliphatic rings. The number of amides is 1. The van der Waals surface area contributed by atoms with Crippen LogP contribution >= 0.6 is 0 Å². The van der Waals surface area contributed by atoms with E-state index in [0.717, 1.165) is 37.8 Å². The predicted molar refractivity (Wildman–Crippen MR) is 119 cm³/mol. The highest BCUT2D eigenvalue weighted by Gasteiger charge is 2.29. The Balaban J connectivity index is 1.61. The lowest BCUT2D eigenvalue weighted by molar-refractivity contribution is -0.137. The van der Waals surface area contributed by atoms with E-state index in [4.69, 9.17) is 4.98 Å². The summed E-state index contributed by atoms with van der Waals surface area (Å²) in [5, 5.41) is 8.22. The van der Waals surface area contributed by atoms with Gasteiger partial charge in [-0.2, -0.15) is 0 Å². The van der Waals surface area contributed by atoms with Crippen molar-refractivity contribution in [3.8, 4) is 0 Å². The number of rotatable bonds is 6. The molecule has 1 fully saturated rings. The minimum absolute atomic E-state index is 0.00638. The Hall–Kier alpha value is -3.03. The smallest absolute Gasteiger partial charge is 0.281 e. The third-order valence-corrected chi connectivity index (χ3v) is 6.30. The highest BCUT2D eigenvalue weighted by atomic mass is 16.2. The molecule has 2 aromatic heterocycles. The van der Waals surface area contributed by atoms with Crippen LogP contribution in [0.25, 0.3) is 11.2 Å². The van der Waals surface area contributed by atoms with Gasteiger partial charge in [0.15, 0.2) is 11.2 Å². The number of carbonyl (C=O) groups excluding carboxylic acids is 1. The van der Waals surface area contributed by atoms with Gasteiger partial charge >= 0.3 is 0 Å². The lowest BCUT2D eigenvalue weighted by Crippen LogP contribution is -2.42. The van der Waals surface area contributed by atoms with E-state index in [-0.39, 0.29) is 28.8 Å². The van der Waals surface area contributed by atoms with E-state index >= 15 is 0 Å². The number of hydrogen-bond donors (Lipinski definition) is 1. The first kappa shape index (κ1) is 21.2. The summed E-state index contributed by atoms with van der Waals surface area (Å²) in [6.45, 7) is 8.01. The van der Waals surface area contributed by atoms with Gasteiger partial charge in [-0.3, -0.25) is 9.59 Å². The maximum absolute atomic E-state index is 12.9. The highest BCUT2D eigenvalue weighted by Crippen LogP contribution is 2.26. The maximum Gasteiger partial charge on any atom is 0.281 e. The van der Waals surface area contributed by atoms with Crippen LogP contribution in [0.4, 0.5) is 0 Å². The van der Waals surface area contributed by atoms with Crippen molar-refractivity contribution in [3.63, 3.8) is 0 Å². The normalized spacial score (nSPS) is 16.9. The van der Waals surface area contributed by atoms with Gasteiger partial charge in [0, 0.05) is 24.9 Å². The molecule has 4 rings (SSSR count). The molecular weight excluding hydrogens is 392 g/mol. The number of fused-ring (bicyclic) bond motifs is 1. The fourth-order valence-corrected chi connectivity index (χ4v) is 4.35. The largest absolute Gasteiger partial charge is 0.342 e. The number of nitrogens with zero attached hydrogens (tertiary/aromatic N) is 5. The number of likely N-dealkylation sites (tertiary alicyclic amines) is 1. The summed E-state index contributed by atoms with van der Waals surface area (Å²) in [5.41, 5.74) is 2.72. The Bertz CT molecular complexity index is 1110. The Morgan fingerprint density at radius 2 is 1.97 bits per heavy atom. The quantitative estimate of drug-likeness (QED) is 0.659. The number of hydrogen-bond acceptors (Lipinski definition) is 5. The van der Waals surface area contributed by atoms with Crippen molar-refractivity contribution in [2.24, 2.45) is 5.92 Å². The minimum Gasteiger partial charge on any atom is -0.342 e. The second kappa shape index (κ2) is 8.99. The van der Waals surface area contributed by atoms with Crippen molar-refractivity contribution in [1.29, 1.82) is 0 Å². The lowest BCUT2D eigenvalue weighted by Gasteiger charge is -2.34. The van der Waals surface area contributed by atoms with Gasteiger partial charge in [0.2, 0.25) is 5.91 Å². The average molecular weight is 423 g/mol. The molecule has 1 atom stereocenters. The number of nitrogens with one attached hydrogen (secondary N) is 1. The molecule has 0 bridgehead atoms. The SMILES string of the molecule is CCC(CC)C(=O)N1CCC[C@@H](c2nc3c(nnn3Cc3ccc(C)cc3)c(=O)[nH]2)C1. The predicted octanol–water partition coefficient (Wildman–Crippen LogP) is 3.01. The average Bonchev–Trinajstić information content (AvgIpc) is 3.19. The van der Waals surface area contributed by atoms with Crippen molar-refractivity contribution in [2.75, 3.05) is 13.1 Å². The van der Waals surface area contributed by atoms with E-state index in [1.54, 1.807) is 4.68 Å². The van der Waals surface area contributed by atoms with Gasteiger partial charge < -0.3 is 9.88 Å². The second-order valence-corrected chi connectivity index (χ2v) is 8.49. The third-order valence-electron chi connectivity index (χ3n) is 6.30. The summed E-state index contributed by atoms with van der Waals surface area (Å²) in [5.74, 6) is 0.900. The van der Waals surface area contributed by atoms with E-state index in [9.17, 15) is 9.59 Å². The molecule has 8 heteroatoms. The molecule has 0 spiro atoms. The van der Waals surface area contributed by atoms with Crippen molar-refractivity contribution in [2.45, 2.75) is 58.9 Å². The summed E-state index contributed by atoms with van der Waals surface area (Å²) >= 11 is 0. The van der Waals surface area contributed by atoms with Crippen molar-refractivity contribution in [3.05, 3.63) is 51.6 Å². The number of benzene rings is 1. The van der Waals surface area contributed by atoms with Crippen LogP contribution in [-0.4, -0.2) is 48.9 Å². The van der Waals surface area contributed by atoms with Crippen LogP contribution in [0.1, 0.15) is 62.4 Å². The number of aromatic amines is 1. The molecule has 0 saturated carbocycles. The monoisotopic (exact) mass is 422 g/mol. The van der Waals surface area contributed by atoms with E-state index in [2.05, 4.69) is 29.1 Å². The summed E-state index contributed by atoms with van der Waals surface area (Å²) in [6.07, 6.45) is 3.49. The zero-order valence-corrected chi connectivity index (χ0v) is 18.5. The summed E-state index contributed by atoms with van der Waals surface area (Å²) in [6, 6.07) is 8.18. The zero-order chi connectivity index (χ0) is 22.0. The van der Waals surface area contributed by atoms with E-state index in [1.807, 2.05) is 36.1 Å². The first-order chi connectivity index (χ1) is 15.0. The molecule has 1 amide bonds.